The van der Waals surface area contributed by atoms with Crippen LogP contribution in [0, 0.1) is 0 Å². The molecule has 0 heterocycles. The zero-order valence-electron chi connectivity index (χ0n) is 23.0. The number of rotatable bonds is 3. The molecule has 0 unspecified atom stereocenters. The fraction of sp³-hybridized carbons (Fsp3) is 0. The summed E-state index contributed by atoms with van der Waals surface area (Å²) in [7, 11) is 0. The van der Waals surface area contributed by atoms with E-state index in [-0.39, 0.29) is 0 Å². The average Bonchev–Trinajstić information content (AvgIpc) is 3.48. The first kappa shape index (κ1) is 23.3. The molecule has 0 saturated carbocycles. The van der Waals surface area contributed by atoms with Crippen LogP contribution in [0.5, 0.6) is 0 Å². The molecule has 42 heavy (non-hydrogen) atoms. The Bertz CT molecular complexity index is 2330. The maximum absolute atomic E-state index is 2.43. The Kier molecular flexibility index (Phi) is 5.00. The molecule has 0 bridgehead atoms. The summed E-state index contributed by atoms with van der Waals surface area (Å²) in [6.45, 7) is 0. The summed E-state index contributed by atoms with van der Waals surface area (Å²) in [6, 6.07) is 53.7. The standard InChI is InChI=1S/C42H26/c1-4-14-33-27(9-1)12-7-17-34(33)32-22-24-39(42-35-15-5-2-10-30(35)25-31-11-3-6-16-36(31)42)40(26-32)37-23-21-29-20-19-28-13-8-18-38(37)41(28)29/h1-26H. The molecule has 0 atom stereocenters. The number of hydrogen-bond acceptors (Lipinski definition) is 0. The van der Waals surface area contributed by atoms with Crippen LogP contribution in [0.1, 0.15) is 11.1 Å². The molecule has 9 rings (SSSR count). The minimum Gasteiger partial charge on any atom is -0.0616 e. The quantitative estimate of drug-likeness (QED) is 0.199. The number of hydrogen-bond donors (Lipinski definition) is 0. The molecule has 8 aromatic carbocycles. The van der Waals surface area contributed by atoms with Crippen molar-refractivity contribution in [2.24, 2.45) is 0 Å². The molecule has 0 spiro atoms. The van der Waals surface area contributed by atoms with Crippen LogP contribution < -0.4 is 0 Å². The second-order valence-electron chi connectivity index (χ2n) is 11.3. The molecule has 1 aliphatic rings. The lowest BCUT2D eigenvalue weighted by atomic mass is 9.84. The molecule has 0 fully saturated rings. The molecule has 0 aromatic heterocycles. The maximum Gasteiger partial charge on any atom is -0.00206 e. The Labute approximate surface area is 244 Å². The van der Waals surface area contributed by atoms with Crippen LogP contribution in [-0.2, 0) is 0 Å². The van der Waals surface area contributed by atoms with E-state index in [1.165, 1.54) is 87.6 Å². The van der Waals surface area contributed by atoms with Crippen molar-refractivity contribution >= 4 is 55.2 Å². The van der Waals surface area contributed by atoms with E-state index in [2.05, 4.69) is 158 Å². The van der Waals surface area contributed by atoms with Gasteiger partial charge in [-0.05, 0) is 99.7 Å². The topological polar surface area (TPSA) is 0 Å². The summed E-state index contributed by atoms with van der Waals surface area (Å²) in [6.07, 6.45) is 4.49. The molecule has 0 nitrogen and oxygen atoms in total. The lowest BCUT2D eigenvalue weighted by molar-refractivity contribution is 1.61. The van der Waals surface area contributed by atoms with E-state index in [0.29, 0.717) is 0 Å². The number of fused-ring (bicyclic) bond motifs is 3. The van der Waals surface area contributed by atoms with Crippen molar-refractivity contribution in [2.45, 2.75) is 0 Å². The maximum atomic E-state index is 2.43. The van der Waals surface area contributed by atoms with Crippen molar-refractivity contribution in [3.63, 3.8) is 0 Å². The van der Waals surface area contributed by atoms with Crippen molar-refractivity contribution in [3.8, 4) is 33.4 Å². The van der Waals surface area contributed by atoms with Gasteiger partial charge in [-0.15, -0.1) is 0 Å². The van der Waals surface area contributed by atoms with Crippen molar-refractivity contribution in [1.82, 2.24) is 0 Å². The van der Waals surface area contributed by atoms with Crippen molar-refractivity contribution in [1.29, 1.82) is 0 Å². The zero-order valence-corrected chi connectivity index (χ0v) is 23.0. The largest absolute Gasteiger partial charge is 0.0616 e. The van der Waals surface area contributed by atoms with E-state index in [1.807, 2.05) is 0 Å². The van der Waals surface area contributed by atoms with Crippen LogP contribution in [0.2, 0.25) is 0 Å². The van der Waals surface area contributed by atoms with Gasteiger partial charge in [0.1, 0.15) is 0 Å². The summed E-state index contributed by atoms with van der Waals surface area (Å²) < 4.78 is 0. The number of benzene rings is 8. The van der Waals surface area contributed by atoms with Gasteiger partial charge in [-0.2, -0.15) is 0 Å². The molecule has 0 aliphatic heterocycles. The molecule has 1 aliphatic carbocycles. The van der Waals surface area contributed by atoms with Crippen LogP contribution in [0.25, 0.3) is 88.6 Å². The van der Waals surface area contributed by atoms with E-state index >= 15 is 0 Å². The van der Waals surface area contributed by atoms with Gasteiger partial charge >= 0.3 is 0 Å². The smallest absolute Gasteiger partial charge is 0.00206 e. The van der Waals surface area contributed by atoms with E-state index in [0.717, 1.165) is 0 Å². The first-order valence-electron chi connectivity index (χ1n) is 14.6. The van der Waals surface area contributed by atoms with Gasteiger partial charge in [-0.25, -0.2) is 0 Å². The molecule has 0 radical (unpaired) electrons. The summed E-state index contributed by atoms with van der Waals surface area (Å²) >= 11 is 0. The highest BCUT2D eigenvalue weighted by Crippen LogP contribution is 2.46. The highest BCUT2D eigenvalue weighted by Gasteiger charge is 2.19. The van der Waals surface area contributed by atoms with Crippen molar-refractivity contribution in [2.75, 3.05) is 0 Å². The summed E-state index contributed by atoms with van der Waals surface area (Å²) in [4.78, 5) is 0. The van der Waals surface area contributed by atoms with Gasteiger partial charge in [-0.3, -0.25) is 0 Å². The van der Waals surface area contributed by atoms with Gasteiger partial charge in [-0.1, -0.05) is 146 Å². The van der Waals surface area contributed by atoms with Crippen molar-refractivity contribution < 1.29 is 0 Å². The van der Waals surface area contributed by atoms with Crippen molar-refractivity contribution in [3.05, 3.63) is 157 Å². The molecule has 194 valence electrons. The molecule has 8 aromatic rings. The SMILES string of the molecule is C1=Cc2ccc(-c3cc(-c4cccc5ccccc45)ccc3-c3c4ccccc4cc4ccccc34)c3cccc1c23. The Balaban J connectivity index is 1.42. The molecule has 0 amide bonds. The van der Waals surface area contributed by atoms with Gasteiger partial charge < -0.3 is 0 Å². The molecule has 0 N–H and O–H groups in total. The Morgan fingerprint density at radius 2 is 0.905 bits per heavy atom. The third-order valence-electron chi connectivity index (χ3n) is 9.00. The molecule has 0 heteroatoms. The third kappa shape index (κ3) is 3.42. The second kappa shape index (κ2) is 9.03. The first-order valence-corrected chi connectivity index (χ1v) is 14.6. The van der Waals surface area contributed by atoms with Crippen LogP contribution >= 0.6 is 0 Å². The predicted octanol–water partition coefficient (Wildman–Crippen LogP) is 11.8. The third-order valence-corrected chi connectivity index (χ3v) is 9.00. The lowest BCUT2D eigenvalue weighted by Gasteiger charge is -2.19. The summed E-state index contributed by atoms with van der Waals surface area (Å²) in [5, 5.41) is 10.3. The minimum absolute atomic E-state index is 1.23. The van der Waals surface area contributed by atoms with E-state index in [9.17, 15) is 0 Å². The monoisotopic (exact) mass is 530 g/mol. The highest BCUT2D eigenvalue weighted by molar-refractivity contribution is 6.17. The summed E-state index contributed by atoms with van der Waals surface area (Å²) in [5.41, 5.74) is 10.2. The van der Waals surface area contributed by atoms with Crippen LogP contribution in [-0.4, -0.2) is 0 Å². The van der Waals surface area contributed by atoms with Gasteiger partial charge in [0.15, 0.2) is 0 Å². The lowest BCUT2D eigenvalue weighted by Crippen LogP contribution is -1.93. The molecular formula is C42H26. The zero-order chi connectivity index (χ0) is 27.6. The fourth-order valence-corrected chi connectivity index (χ4v) is 7.09. The van der Waals surface area contributed by atoms with Gasteiger partial charge in [0.2, 0.25) is 0 Å². The van der Waals surface area contributed by atoms with Crippen LogP contribution in [0.3, 0.4) is 0 Å². The Hall–Kier alpha value is -5.46. The Morgan fingerprint density at radius 1 is 0.310 bits per heavy atom. The average molecular weight is 531 g/mol. The normalized spacial score (nSPS) is 12.2. The Morgan fingerprint density at radius 3 is 1.69 bits per heavy atom. The minimum atomic E-state index is 1.23. The van der Waals surface area contributed by atoms with Gasteiger partial charge in [0.05, 0.1) is 0 Å². The fourth-order valence-electron chi connectivity index (χ4n) is 7.09. The van der Waals surface area contributed by atoms with E-state index < -0.39 is 0 Å². The first-order chi connectivity index (χ1) is 20.8. The highest BCUT2D eigenvalue weighted by atomic mass is 14.2. The van der Waals surface area contributed by atoms with Crippen LogP contribution in [0.15, 0.2) is 146 Å². The van der Waals surface area contributed by atoms with Crippen LogP contribution in [0.4, 0.5) is 0 Å². The summed E-state index contributed by atoms with van der Waals surface area (Å²) in [5.74, 6) is 0. The van der Waals surface area contributed by atoms with E-state index in [4.69, 9.17) is 0 Å². The second-order valence-corrected chi connectivity index (χ2v) is 11.3. The van der Waals surface area contributed by atoms with E-state index in [1.54, 1.807) is 0 Å². The molecular weight excluding hydrogens is 504 g/mol. The predicted molar refractivity (Wildman–Crippen MR) is 182 cm³/mol. The molecule has 0 saturated heterocycles. The van der Waals surface area contributed by atoms with Gasteiger partial charge in [0.25, 0.3) is 0 Å². The van der Waals surface area contributed by atoms with Gasteiger partial charge in [0, 0.05) is 0 Å².